The van der Waals surface area contributed by atoms with E-state index in [0.29, 0.717) is 33.6 Å². The van der Waals surface area contributed by atoms with Crippen LogP contribution >= 0.6 is 11.6 Å². The molecule has 2 aromatic heterocycles. The van der Waals surface area contributed by atoms with Gasteiger partial charge in [-0.15, -0.1) is 6.58 Å². The number of fused-ring (bicyclic) bond motifs is 1. The Kier molecular flexibility index (Phi) is 6.39. The molecule has 2 N–H and O–H groups in total. The van der Waals surface area contributed by atoms with Crippen molar-refractivity contribution in [1.29, 1.82) is 0 Å². The van der Waals surface area contributed by atoms with E-state index in [0.717, 1.165) is 44.1 Å². The number of nitrogens with zero attached hydrogens (tertiary/aromatic N) is 5. The summed E-state index contributed by atoms with van der Waals surface area (Å²) in [5, 5.41) is 0.644. The number of carbonyl (C=O) groups is 1. The van der Waals surface area contributed by atoms with E-state index >= 15 is 0 Å². The number of hydrogen-bond donors (Lipinski definition) is 1. The average Bonchev–Trinajstić information content (AvgIpc) is 3.27. The summed E-state index contributed by atoms with van der Waals surface area (Å²) in [5.41, 5.74) is 7.99. The molecule has 0 unspecified atom stereocenters. The van der Waals surface area contributed by atoms with E-state index in [-0.39, 0.29) is 0 Å². The second-order valence-electron chi connectivity index (χ2n) is 8.27. The van der Waals surface area contributed by atoms with Crippen LogP contribution in [0.25, 0.3) is 16.9 Å². The first-order valence-corrected chi connectivity index (χ1v) is 11.7. The zero-order valence-corrected chi connectivity index (χ0v) is 19.9. The van der Waals surface area contributed by atoms with E-state index in [1.807, 2.05) is 30.3 Å². The summed E-state index contributed by atoms with van der Waals surface area (Å²) >= 11 is 5.94. The summed E-state index contributed by atoms with van der Waals surface area (Å²) in [5.74, 6) is 1.51. The minimum absolute atomic E-state index is 0.320. The lowest BCUT2D eigenvalue weighted by atomic mass is 10.1. The monoisotopic (exact) mass is 488 g/mol. The Labute approximate surface area is 208 Å². The molecule has 8 nitrogen and oxygen atoms in total. The van der Waals surface area contributed by atoms with Crippen molar-refractivity contribution in [3.8, 4) is 22.8 Å². The van der Waals surface area contributed by atoms with Gasteiger partial charge >= 0.3 is 0 Å². The van der Waals surface area contributed by atoms with E-state index in [4.69, 9.17) is 27.1 Å². The van der Waals surface area contributed by atoms with Crippen LogP contribution in [0.3, 0.4) is 0 Å². The van der Waals surface area contributed by atoms with Crippen molar-refractivity contribution in [3.05, 3.63) is 84.3 Å². The molecule has 0 saturated carbocycles. The van der Waals surface area contributed by atoms with Gasteiger partial charge in [0.05, 0.1) is 0 Å². The van der Waals surface area contributed by atoms with Gasteiger partial charge in [-0.3, -0.25) is 14.1 Å². The smallest absolute Gasteiger partial charge is 0.268 e. The van der Waals surface area contributed by atoms with Gasteiger partial charge in [0.15, 0.2) is 11.5 Å². The summed E-state index contributed by atoms with van der Waals surface area (Å²) in [7, 11) is 0. The molecule has 1 amide bonds. The van der Waals surface area contributed by atoms with Gasteiger partial charge in [-0.05, 0) is 48.5 Å². The number of halogens is 1. The van der Waals surface area contributed by atoms with Crippen LogP contribution in [-0.4, -0.2) is 57.9 Å². The number of hydrogen-bond acceptors (Lipinski definition) is 6. The van der Waals surface area contributed by atoms with Crippen molar-refractivity contribution in [3.63, 3.8) is 0 Å². The number of benzene rings is 2. The van der Waals surface area contributed by atoms with E-state index < -0.39 is 5.91 Å². The molecule has 1 fully saturated rings. The van der Waals surface area contributed by atoms with Crippen molar-refractivity contribution in [1.82, 2.24) is 19.3 Å². The molecule has 0 spiro atoms. The number of aromatic nitrogens is 3. The molecule has 5 rings (SSSR count). The van der Waals surface area contributed by atoms with Crippen molar-refractivity contribution >= 4 is 29.0 Å². The molecule has 0 radical (unpaired) electrons. The highest BCUT2D eigenvalue weighted by atomic mass is 35.5. The molecule has 2 aromatic carbocycles. The normalized spacial score (nSPS) is 14.3. The number of anilines is 1. The molecule has 1 aliphatic rings. The van der Waals surface area contributed by atoms with Crippen LogP contribution in [-0.2, 0) is 0 Å². The zero-order chi connectivity index (χ0) is 24.4. The third-order valence-corrected chi connectivity index (χ3v) is 6.25. The van der Waals surface area contributed by atoms with E-state index in [9.17, 15) is 4.79 Å². The maximum atomic E-state index is 12.5. The summed E-state index contributed by atoms with van der Waals surface area (Å²) in [6.45, 7) is 8.11. The topological polar surface area (TPSA) is 89.0 Å². The van der Waals surface area contributed by atoms with Crippen molar-refractivity contribution in [2.75, 3.05) is 37.6 Å². The summed E-state index contributed by atoms with van der Waals surface area (Å²) < 4.78 is 7.61. The Hall–Kier alpha value is -3.88. The number of ether oxygens (including phenoxy) is 1. The van der Waals surface area contributed by atoms with Crippen LogP contribution in [0.2, 0.25) is 5.02 Å². The van der Waals surface area contributed by atoms with Crippen LogP contribution in [0.4, 0.5) is 5.82 Å². The SMILES string of the molecule is C=CCN1CCN(c2nccn3c(C(N)=O)c(-c4ccc(Oc5ccc(Cl)cc5)cc4)nc23)CC1. The first-order valence-electron chi connectivity index (χ1n) is 11.3. The number of piperazine rings is 1. The molecule has 35 heavy (non-hydrogen) atoms. The maximum Gasteiger partial charge on any atom is 0.268 e. The summed E-state index contributed by atoms with van der Waals surface area (Å²) in [6.07, 6.45) is 5.32. The molecule has 0 aliphatic carbocycles. The Bertz CT molecular complexity index is 1360. The molecule has 0 atom stereocenters. The highest BCUT2D eigenvalue weighted by Gasteiger charge is 2.25. The fourth-order valence-electron chi connectivity index (χ4n) is 4.27. The lowest BCUT2D eigenvalue weighted by Crippen LogP contribution is -2.46. The second kappa shape index (κ2) is 9.77. The fourth-order valence-corrected chi connectivity index (χ4v) is 4.39. The van der Waals surface area contributed by atoms with Gasteiger partial charge in [0.2, 0.25) is 0 Å². The number of nitrogens with two attached hydrogens (primary N) is 1. The Morgan fingerprint density at radius 3 is 2.34 bits per heavy atom. The van der Waals surface area contributed by atoms with Crippen LogP contribution in [0, 0.1) is 0 Å². The maximum absolute atomic E-state index is 12.5. The standard InChI is InChI=1S/C26H25ClN6O2/c1-2-12-31-14-16-32(17-15-31)25-26-30-22(23(24(28)34)33(26)13-11-29-25)18-3-7-20(8-4-18)35-21-9-5-19(27)6-10-21/h2-11,13H,1,12,14-17H2,(H2,28,34). The van der Waals surface area contributed by atoms with Gasteiger partial charge in [0.1, 0.15) is 22.9 Å². The molecule has 1 saturated heterocycles. The lowest BCUT2D eigenvalue weighted by Gasteiger charge is -2.34. The second-order valence-corrected chi connectivity index (χ2v) is 8.71. The van der Waals surface area contributed by atoms with Gasteiger partial charge in [-0.1, -0.05) is 17.7 Å². The predicted molar refractivity (Wildman–Crippen MR) is 137 cm³/mol. The minimum atomic E-state index is -0.554. The Morgan fingerprint density at radius 2 is 1.71 bits per heavy atom. The number of imidazole rings is 1. The highest BCUT2D eigenvalue weighted by Crippen LogP contribution is 2.31. The van der Waals surface area contributed by atoms with E-state index in [1.165, 1.54) is 0 Å². The fraction of sp³-hybridized carbons (Fsp3) is 0.192. The van der Waals surface area contributed by atoms with Crippen molar-refractivity contribution < 1.29 is 9.53 Å². The molecule has 3 heterocycles. The third-order valence-electron chi connectivity index (χ3n) is 5.99. The van der Waals surface area contributed by atoms with Crippen molar-refractivity contribution in [2.24, 2.45) is 5.73 Å². The molecule has 4 aromatic rings. The van der Waals surface area contributed by atoms with Crippen LogP contribution in [0.5, 0.6) is 11.5 Å². The zero-order valence-electron chi connectivity index (χ0n) is 19.1. The highest BCUT2D eigenvalue weighted by molar-refractivity contribution is 6.30. The summed E-state index contributed by atoms with van der Waals surface area (Å²) in [6, 6.07) is 14.5. The minimum Gasteiger partial charge on any atom is -0.457 e. The van der Waals surface area contributed by atoms with E-state index in [1.54, 1.807) is 41.1 Å². The first-order chi connectivity index (χ1) is 17.0. The molecule has 1 aliphatic heterocycles. The number of carbonyl (C=O) groups excluding carboxylic acids is 1. The van der Waals surface area contributed by atoms with Gasteiger partial charge in [0.25, 0.3) is 5.91 Å². The third kappa shape index (κ3) is 4.71. The summed E-state index contributed by atoms with van der Waals surface area (Å²) in [4.78, 5) is 26.4. The molecule has 0 bridgehead atoms. The number of amides is 1. The van der Waals surface area contributed by atoms with Crippen LogP contribution in [0.1, 0.15) is 10.5 Å². The molecular weight excluding hydrogens is 464 g/mol. The Balaban J connectivity index is 1.46. The Morgan fingerprint density at radius 1 is 1.06 bits per heavy atom. The van der Waals surface area contributed by atoms with Gasteiger partial charge in [-0.2, -0.15) is 0 Å². The van der Waals surface area contributed by atoms with Gasteiger partial charge in [-0.25, -0.2) is 9.97 Å². The van der Waals surface area contributed by atoms with Crippen molar-refractivity contribution in [2.45, 2.75) is 0 Å². The van der Waals surface area contributed by atoms with E-state index in [2.05, 4.69) is 21.4 Å². The quantitative estimate of drug-likeness (QED) is 0.391. The van der Waals surface area contributed by atoms with Crippen LogP contribution < -0.4 is 15.4 Å². The van der Waals surface area contributed by atoms with Gasteiger partial charge < -0.3 is 15.4 Å². The van der Waals surface area contributed by atoms with Gasteiger partial charge in [0, 0.05) is 55.7 Å². The largest absolute Gasteiger partial charge is 0.457 e. The number of rotatable bonds is 7. The average molecular weight is 489 g/mol. The number of primary amides is 1. The molecule has 9 heteroatoms. The first kappa shape index (κ1) is 22.9. The molecular formula is C26H25ClN6O2. The molecule has 178 valence electrons. The lowest BCUT2D eigenvalue weighted by molar-refractivity contribution is 0.0995. The van der Waals surface area contributed by atoms with Crippen LogP contribution in [0.15, 0.2) is 73.6 Å². The predicted octanol–water partition coefficient (Wildman–Crippen LogP) is 4.25.